The number of anilines is 1. The molecule has 0 aliphatic rings. The predicted molar refractivity (Wildman–Crippen MR) is 147 cm³/mol. The van der Waals surface area contributed by atoms with Gasteiger partial charge < -0.3 is 19.5 Å². The smallest absolute Gasteiger partial charge is 0.303 e. The molecule has 0 bridgehead atoms. The number of imidazole rings is 1. The zero-order chi connectivity index (χ0) is 27.1. The molecule has 2 unspecified atom stereocenters. The molecule has 0 aliphatic heterocycles. The van der Waals surface area contributed by atoms with Crippen molar-refractivity contribution in [2.75, 3.05) is 11.6 Å². The first-order chi connectivity index (χ1) is 18.3. The molecule has 2 atom stereocenters. The van der Waals surface area contributed by atoms with Crippen LogP contribution in [-0.2, 0) is 22.5 Å². The Bertz CT molecular complexity index is 1390. The van der Waals surface area contributed by atoms with Crippen LogP contribution in [0.1, 0.15) is 24.0 Å². The Morgan fingerprint density at radius 3 is 2.39 bits per heavy atom. The van der Waals surface area contributed by atoms with Crippen molar-refractivity contribution in [3.63, 3.8) is 0 Å². The van der Waals surface area contributed by atoms with Crippen molar-refractivity contribution in [1.29, 1.82) is 0 Å². The molecule has 4 aromatic rings. The van der Waals surface area contributed by atoms with Gasteiger partial charge in [-0.25, -0.2) is 13.8 Å². The van der Waals surface area contributed by atoms with E-state index in [1.807, 2.05) is 35.0 Å². The second-order valence-corrected chi connectivity index (χ2v) is 10.3. The highest BCUT2D eigenvalue weighted by molar-refractivity contribution is 7.91. The molecule has 6 nitrogen and oxygen atoms in total. The Labute approximate surface area is 222 Å². The van der Waals surface area contributed by atoms with E-state index in [1.54, 1.807) is 36.8 Å². The molecule has 0 fully saturated rings. The van der Waals surface area contributed by atoms with Gasteiger partial charge in [-0.05, 0) is 69.8 Å². The molecule has 0 saturated carbocycles. The lowest BCUT2D eigenvalue weighted by Crippen LogP contribution is -2.29. The van der Waals surface area contributed by atoms with Gasteiger partial charge in [-0.1, -0.05) is 36.4 Å². The molecule has 38 heavy (non-hydrogen) atoms. The molecule has 0 amide bonds. The number of benzene rings is 3. The molecule has 9 heteroatoms. The number of hydrogen-bond donors (Lipinski definition) is 2. The third-order valence-electron chi connectivity index (χ3n) is 6.02. The Morgan fingerprint density at radius 2 is 1.79 bits per heavy atom. The van der Waals surface area contributed by atoms with Crippen molar-refractivity contribution in [2.45, 2.75) is 24.8 Å². The van der Waals surface area contributed by atoms with Gasteiger partial charge in [-0.15, -0.1) is 0 Å². The SMILES string of the molecule is C[S+]([O-])C(CCC(=O)O)Nc1cccc(C=C(Cn2ccnc2)c2ccc(F)cc2)c1-c1ccc(F)cc1. The average molecular weight is 536 g/mol. The van der Waals surface area contributed by atoms with E-state index < -0.39 is 22.5 Å². The van der Waals surface area contributed by atoms with Crippen LogP contribution in [0.25, 0.3) is 22.8 Å². The lowest BCUT2D eigenvalue weighted by Gasteiger charge is -2.23. The van der Waals surface area contributed by atoms with E-state index in [0.29, 0.717) is 12.2 Å². The van der Waals surface area contributed by atoms with E-state index in [0.717, 1.165) is 27.8 Å². The Balaban J connectivity index is 1.84. The van der Waals surface area contributed by atoms with Gasteiger partial charge in [0.05, 0.1) is 19.0 Å². The van der Waals surface area contributed by atoms with Crippen LogP contribution in [0.4, 0.5) is 14.5 Å². The van der Waals surface area contributed by atoms with E-state index >= 15 is 0 Å². The molecular formula is C29H27F2N3O3S. The fraction of sp³-hybridized carbons (Fsp3) is 0.172. The largest absolute Gasteiger partial charge is 0.615 e. The van der Waals surface area contributed by atoms with Crippen LogP contribution in [0, 0.1) is 11.6 Å². The topological polar surface area (TPSA) is 90.2 Å². The van der Waals surface area contributed by atoms with Gasteiger partial charge in [0.2, 0.25) is 0 Å². The predicted octanol–water partition coefficient (Wildman–Crippen LogP) is 6.05. The van der Waals surface area contributed by atoms with Crippen molar-refractivity contribution in [3.8, 4) is 11.1 Å². The molecule has 0 spiro atoms. The summed E-state index contributed by atoms with van der Waals surface area (Å²) in [6.45, 7) is 0.465. The summed E-state index contributed by atoms with van der Waals surface area (Å²) in [5, 5.41) is 11.8. The fourth-order valence-corrected chi connectivity index (χ4v) is 4.89. The maximum atomic E-state index is 13.8. The van der Waals surface area contributed by atoms with Crippen LogP contribution in [0.5, 0.6) is 0 Å². The van der Waals surface area contributed by atoms with Gasteiger partial charge >= 0.3 is 5.97 Å². The number of hydrogen-bond acceptors (Lipinski definition) is 4. The summed E-state index contributed by atoms with van der Waals surface area (Å²) in [5.41, 5.74) is 4.59. The number of nitrogens with one attached hydrogen (secondary N) is 1. The maximum Gasteiger partial charge on any atom is 0.303 e. The van der Waals surface area contributed by atoms with Crippen LogP contribution in [0.15, 0.2) is 85.5 Å². The molecule has 1 heterocycles. The van der Waals surface area contributed by atoms with Crippen LogP contribution < -0.4 is 5.32 Å². The van der Waals surface area contributed by atoms with E-state index in [4.69, 9.17) is 5.11 Å². The van der Waals surface area contributed by atoms with Crippen molar-refractivity contribution in [2.24, 2.45) is 0 Å². The minimum Gasteiger partial charge on any atom is -0.615 e. The Hall–Kier alpha value is -3.95. The monoisotopic (exact) mass is 535 g/mol. The molecule has 0 radical (unpaired) electrons. The lowest BCUT2D eigenvalue weighted by molar-refractivity contribution is -0.137. The van der Waals surface area contributed by atoms with E-state index in [9.17, 15) is 18.1 Å². The second-order valence-electron chi connectivity index (χ2n) is 8.75. The van der Waals surface area contributed by atoms with Crippen molar-refractivity contribution in [3.05, 3.63) is 108 Å². The summed E-state index contributed by atoms with van der Waals surface area (Å²) in [7, 11) is 0. The minimum absolute atomic E-state index is 0.137. The van der Waals surface area contributed by atoms with Gasteiger partial charge in [-0.3, -0.25) is 4.79 Å². The molecule has 3 aromatic carbocycles. The van der Waals surface area contributed by atoms with Crippen molar-refractivity contribution >= 4 is 34.5 Å². The normalized spacial score (nSPS) is 13.2. The number of nitrogens with zero attached hydrogens (tertiary/aromatic N) is 2. The Morgan fingerprint density at radius 1 is 1.11 bits per heavy atom. The van der Waals surface area contributed by atoms with Gasteiger partial charge in [0.1, 0.15) is 11.6 Å². The Kier molecular flexibility index (Phi) is 8.93. The highest BCUT2D eigenvalue weighted by Gasteiger charge is 2.22. The first kappa shape index (κ1) is 27.1. The molecule has 2 N–H and O–H groups in total. The summed E-state index contributed by atoms with van der Waals surface area (Å²) < 4.78 is 41.9. The van der Waals surface area contributed by atoms with E-state index in [-0.39, 0.29) is 24.5 Å². The molecular weight excluding hydrogens is 508 g/mol. The standard InChI is InChI=1S/C29H27F2N3O3S/c1-38(37)27(13-14-28(35)36)33-26-4-2-3-22(29(26)21-7-11-25(31)12-8-21)17-23(18-34-16-15-32-19-34)20-5-9-24(30)10-6-20/h2-12,15-17,19,27,33H,13-14,18H2,1H3,(H,35,36). The lowest BCUT2D eigenvalue weighted by atomic mass is 9.94. The minimum atomic E-state index is -1.36. The summed E-state index contributed by atoms with van der Waals surface area (Å²) in [6.07, 6.45) is 8.74. The molecule has 1 aromatic heterocycles. The van der Waals surface area contributed by atoms with Crippen LogP contribution >= 0.6 is 0 Å². The highest BCUT2D eigenvalue weighted by Crippen LogP contribution is 2.36. The number of aromatic nitrogens is 2. The van der Waals surface area contributed by atoms with Crippen molar-refractivity contribution < 1.29 is 23.2 Å². The summed E-state index contributed by atoms with van der Waals surface area (Å²) >= 11 is -1.36. The first-order valence-electron chi connectivity index (χ1n) is 11.9. The van der Waals surface area contributed by atoms with Gasteiger partial charge in [0.25, 0.3) is 0 Å². The fourth-order valence-electron chi connectivity index (χ4n) is 4.15. The molecule has 196 valence electrons. The van der Waals surface area contributed by atoms with Crippen LogP contribution in [-0.4, -0.2) is 36.8 Å². The number of carbonyl (C=O) groups is 1. The highest BCUT2D eigenvalue weighted by atomic mass is 32.2. The van der Waals surface area contributed by atoms with Crippen LogP contribution in [0.2, 0.25) is 0 Å². The third-order valence-corrected chi connectivity index (χ3v) is 7.18. The van der Waals surface area contributed by atoms with E-state index in [2.05, 4.69) is 10.3 Å². The van der Waals surface area contributed by atoms with Gasteiger partial charge in [-0.2, -0.15) is 0 Å². The third kappa shape index (κ3) is 7.08. The number of carboxylic acid groups (broad SMARTS) is 1. The maximum absolute atomic E-state index is 13.8. The van der Waals surface area contributed by atoms with Gasteiger partial charge in [0.15, 0.2) is 5.37 Å². The molecule has 4 rings (SSSR count). The summed E-state index contributed by atoms with van der Waals surface area (Å²) in [6, 6.07) is 17.9. The molecule has 0 saturated heterocycles. The number of allylic oxidation sites excluding steroid dienone is 1. The number of halogens is 2. The van der Waals surface area contributed by atoms with Gasteiger partial charge in [0, 0.05) is 36.6 Å². The van der Waals surface area contributed by atoms with E-state index in [1.165, 1.54) is 30.5 Å². The summed E-state index contributed by atoms with van der Waals surface area (Å²) in [5.74, 6) is -1.69. The molecule has 0 aliphatic carbocycles. The average Bonchev–Trinajstić information content (AvgIpc) is 3.40. The van der Waals surface area contributed by atoms with Crippen LogP contribution in [0.3, 0.4) is 0 Å². The first-order valence-corrected chi connectivity index (χ1v) is 13.5. The van der Waals surface area contributed by atoms with Crippen molar-refractivity contribution in [1.82, 2.24) is 9.55 Å². The quantitative estimate of drug-likeness (QED) is 0.180. The number of rotatable bonds is 11. The summed E-state index contributed by atoms with van der Waals surface area (Å²) in [4.78, 5) is 15.3. The second kappa shape index (κ2) is 12.5. The zero-order valence-corrected chi connectivity index (χ0v) is 21.5. The zero-order valence-electron chi connectivity index (χ0n) is 20.7. The number of aliphatic carboxylic acids is 1. The number of carboxylic acids is 1.